The van der Waals surface area contributed by atoms with Crippen molar-refractivity contribution in [2.24, 2.45) is 0 Å². The summed E-state index contributed by atoms with van der Waals surface area (Å²) in [5.41, 5.74) is 2.05. The lowest BCUT2D eigenvalue weighted by molar-refractivity contribution is -0.116. The SMILES string of the molecule is Cc1ccc(-c2nc(NC(=O)Cn3c(C)cc4ccccc43)n[nH]2)o1. The Kier molecular flexibility index (Phi) is 3.61. The highest BCUT2D eigenvalue weighted by Gasteiger charge is 2.13. The van der Waals surface area contributed by atoms with Crippen LogP contribution >= 0.6 is 0 Å². The second-order valence-electron chi connectivity index (χ2n) is 5.90. The largest absolute Gasteiger partial charge is 0.458 e. The summed E-state index contributed by atoms with van der Waals surface area (Å²) in [6, 6.07) is 13.7. The predicted molar refractivity (Wildman–Crippen MR) is 94.1 cm³/mol. The Balaban J connectivity index is 1.51. The lowest BCUT2D eigenvalue weighted by atomic mass is 10.2. The molecule has 0 aliphatic rings. The van der Waals surface area contributed by atoms with Gasteiger partial charge in [-0.05, 0) is 43.5 Å². The molecule has 7 nitrogen and oxygen atoms in total. The zero-order valence-electron chi connectivity index (χ0n) is 13.9. The average molecular weight is 335 g/mol. The fraction of sp³-hybridized carbons (Fsp3) is 0.167. The third-order valence-corrected chi connectivity index (χ3v) is 4.03. The van der Waals surface area contributed by atoms with Gasteiger partial charge in [0.25, 0.3) is 0 Å². The van der Waals surface area contributed by atoms with Crippen molar-refractivity contribution in [1.82, 2.24) is 19.7 Å². The van der Waals surface area contributed by atoms with Crippen LogP contribution < -0.4 is 5.32 Å². The van der Waals surface area contributed by atoms with Crippen LogP contribution in [0.3, 0.4) is 0 Å². The summed E-state index contributed by atoms with van der Waals surface area (Å²) < 4.78 is 7.45. The molecule has 2 N–H and O–H groups in total. The number of anilines is 1. The summed E-state index contributed by atoms with van der Waals surface area (Å²) in [5.74, 6) is 1.88. The molecule has 4 aromatic rings. The van der Waals surface area contributed by atoms with Gasteiger partial charge in [-0.25, -0.2) is 0 Å². The molecule has 0 atom stereocenters. The molecule has 126 valence electrons. The van der Waals surface area contributed by atoms with E-state index in [1.165, 1.54) is 0 Å². The van der Waals surface area contributed by atoms with Crippen LogP contribution in [0.4, 0.5) is 5.95 Å². The Morgan fingerprint density at radius 1 is 1.24 bits per heavy atom. The van der Waals surface area contributed by atoms with Gasteiger partial charge in [-0.2, -0.15) is 4.98 Å². The summed E-state index contributed by atoms with van der Waals surface area (Å²) in [5, 5.41) is 10.6. The normalized spacial score (nSPS) is 11.1. The van der Waals surface area contributed by atoms with E-state index in [1.807, 2.05) is 48.7 Å². The summed E-state index contributed by atoms with van der Waals surface area (Å²) in [6.45, 7) is 4.03. The van der Waals surface area contributed by atoms with E-state index in [-0.39, 0.29) is 18.4 Å². The third kappa shape index (κ3) is 2.91. The minimum absolute atomic E-state index is 0.189. The van der Waals surface area contributed by atoms with Gasteiger partial charge < -0.3 is 8.98 Å². The summed E-state index contributed by atoms with van der Waals surface area (Å²) >= 11 is 0. The number of aromatic nitrogens is 4. The molecular formula is C18H17N5O2. The number of benzene rings is 1. The van der Waals surface area contributed by atoms with E-state index in [1.54, 1.807) is 6.07 Å². The second-order valence-corrected chi connectivity index (χ2v) is 5.90. The molecule has 0 saturated heterocycles. The monoisotopic (exact) mass is 335 g/mol. The molecule has 0 spiro atoms. The Bertz CT molecular complexity index is 1060. The molecule has 3 aromatic heterocycles. The van der Waals surface area contributed by atoms with Crippen molar-refractivity contribution in [3.05, 3.63) is 53.9 Å². The first-order valence-electron chi connectivity index (χ1n) is 7.94. The minimum atomic E-state index is -0.189. The zero-order chi connectivity index (χ0) is 17.4. The van der Waals surface area contributed by atoms with E-state index in [0.717, 1.165) is 22.4 Å². The molecule has 0 unspecified atom stereocenters. The van der Waals surface area contributed by atoms with Crippen LogP contribution in [0.1, 0.15) is 11.5 Å². The molecule has 1 amide bonds. The van der Waals surface area contributed by atoms with Crippen molar-refractivity contribution in [2.75, 3.05) is 5.32 Å². The Morgan fingerprint density at radius 2 is 2.08 bits per heavy atom. The zero-order valence-corrected chi connectivity index (χ0v) is 13.9. The molecule has 25 heavy (non-hydrogen) atoms. The molecule has 4 rings (SSSR count). The molecule has 1 aromatic carbocycles. The molecular weight excluding hydrogens is 318 g/mol. The van der Waals surface area contributed by atoms with Gasteiger partial charge in [0, 0.05) is 11.2 Å². The van der Waals surface area contributed by atoms with Gasteiger partial charge >= 0.3 is 0 Å². The van der Waals surface area contributed by atoms with Crippen LogP contribution in [-0.4, -0.2) is 25.7 Å². The quantitative estimate of drug-likeness (QED) is 0.599. The fourth-order valence-corrected chi connectivity index (χ4v) is 2.86. The maximum Gasteiger partial charge on any atom is 0.249 e. The smallest absolute Gasteiger partial charge is 0.249 e. The lowest BCUT2D eigenvalue weighted by Gasteiger charge is -2.07. The maximum absolute atomic E-state index is 12.4. The standard InChI is InChI=1S/C18H17N5O2/c1-11-9-13-5-3-4-6-14(13)23(11)10-16(24)19-18-20-17(21-22-18)15-8-7-12(2)25-15/h3-9H,10H2,1-2H3,(H2,19,20,21,22,24). The topological polar surface area (TPSA) is 88.7 Å². The summed E-state index contributed by atoms with van der Waals surface area (Å²) in [7, 11) is 0. The predicted octanol–water partition coefficient (Wildman–Crippen LogP) is 3.27. The van der Waals surface area contributed by atoms with Crippen LogP contribution in [0.15, 0.2) is 46.9 Å². The first kappa shape index (κ1) is 15.2. The molecule has 0 saturated carbocycles. The molecule has 0 aliphatic carbocycles. The van der Waals surface area contributed by atoms with Crippen molar-refractivity contribution in [1.29, 1.82) is 0 Å². The number of hydrogen-bond donors (Lipinski definition) is 2. The van der Waals surface area contributed by atoms with Crippen LogP contribution in [0, 0.1) is 13.8 Å². The Morgan fingerprint density at radius 3 is 2.88 bits per heavy atom. The van der Waals surface area contributed by atoms with Gasteiger partial charge in [0.15, 0.2) is 11.6 Å². The van der Waals surface area contributed by atoms with Crippen molar-refractivity contribution >= 4 is 22.8 Å². The van der Waals surface area contributed by atoms with Gasteiger partial charge in [-0.3, -0.25) is 15.2 Å². The van der Waals surface area contributed by atoms with Gasteiger partial charge in [-0.1, -0.05) is 18.2 Å². The van der Waals surface area contributed by atoms with Crippen molar-refractivity contribution < 1.29 is 9.21 Å². The third-order valence-electron chi connectivity index (χ3n) is 4.03. The summed E-state index contributed by atoms with van der Waals surface area (Å²) in [6.07, 6.45) is 0. The number of aromatic amines is 1. The number of aryl methyl sites for hydroxylation is 2. The van der Waals surface area contributed by atoms with Gasteiger partial charge in [0.1, 0.15) is 12.3 Å². The molecule has 3 heterocycles. The number of hydrogen-bond acceptors (Lipinski definition) is 4. The van der Waals surface area contributed by atoms with Crippen LogP contribution in [0.25, 0.3) is 22.5 Å². The number of nitrogens with zero attached hydrogens (tertiary/aromatic N) is 3. The van der Waals surface area contributed by atoms with Gasteiger partial charge in [0.05, 0.1) is 0 Å². The molecule has 0 bridgehead atoms. The minimum Gasteiger partial charge on any atom is -0.458 e. The van der Waals surface area contributed by atoms with Crippen molar-refractivity contribution in [3.8, 4) is 11.6 Å². The average Bonchev–Trinajstić information content (AvgIpc) is 3.28. The van der Waals surface area contributed by atoms with E-state index in [9.17, 15) is 4.79 Å². The van der Waals surface area contributed by atoms with E-state index in [0.29, 0.717) is 11.6 Å². The first-order chi connectivity index (χ1) is 12.1. The number of H-pyrrole nitrogens is 1. The fourth-order valence-electron chi connectivity index (χ4n) is 2.86. The maximum atomic E-state index is 12.4. The Labute approximate surface area is 143 Å². The van der Waals surface area contributed by atoms with Crippen LogP contribution in [-0.2, 0) is 11.3 Å². The number of carbonyl (C=O) groups excluding carboxylic acids is 1. The van der Waals surface area contributed by atoms with E-state index in [2.05, 4.69) is 26.6 Å². The van der Waals surface area contributed by atoms with E-state index in [4.69, 9.17) is 4.42 Å². The van der Waals surface area contributed by atoms with E-state index < -0.39 is 0 Å². The number of rotatable bonds is 4. The Hall–Kier alpha value is -3.35. The number of furan rings is 1. The van der Waals surface area contributed by atoms with Gasteiger partial charge in [-0.15, -0.1) is 5.10 Å². The highest BCUT2D eigenvalue weighted by molar-refractivity contribution is 5.91. The number of nitrogens with one attached hydrogen (secondary N) is 2. The van der Waals surface area contributed by atoms with Gasteiger partial charge in [0.2, 0.25) is 11.9 Å². The second kappa shape index (κ2) is 5.94. The summed E-state index contributed by atoms with van der Waals surface area (Å²) in [4.78, 5) is 16.6. The number of fused-ring (bicyclic) bond motifs is 1. The van der Waals surface area contributed by atoms with Crippen LogP contribution in [0.5, 0.6) is 0 Å². The van der Waals surface area contributed by atoms with Crippen molar-refractivity contribution in [3.63, 3.8) is 0 Å². The number of amides is 1. The number of carbonyl (C=O) groups is 1. The molecule has 0 aliphatic heterocycles. The van der Waals surface area contributed by atoms with Crippen molar-refractivity contribution in [2.45, 2.75) is 20.4 Å². The molecule has 0 fully saturated rings. The first-order valence-corrected chi connectivity index (χ1v) is 7.94. The van der Waals surface area contributed by atoms with Crippen LogP contribution in [0.2, 0.25) is 0 Å². The molecule has 7 heteroatoms. The lowest BCUT2D eigenvalue weighted by Crippen LogP contribution is -2.20. The van der Waals surface area contributed by atoms with E-state index >= 15 is 0 Å². The number of para-hydroxylation sites is 1. The highest BCUT2D eigenvalue weighted by atomic mass is 16.3. The molecule has 0 radical (unpaired) electrons. The highest BCUT2D eigenvalue weighted by Crippen LogP contribution is 2.20.